The van der Waals surface area contributed by atoms with Crippen LogP contribution in [0.1, 0.15) is 23.2 Å². The zero-order valence-corrected chi connectivity index (χ0v) is 17.8. The number of carbonyl (C=O) groups excluding carboxylic acids is 2. The van der Waals surface area contributed by atoms with Crippen molar-refractivity contribution in [2.45, 2.75) is 33.4 Å². The van der Waals surface area contributed by atoms with E-state index in [0.29, 0.717) is 11.3 Å². The number of ether oxygens (including phenoxy) is 1. The lowest BCUT2D eigenvalue weighted by Gasteiger charge is -2.05. The fourth-order valence-corrected chi connectivity index (χ4v) is 4.13. The normalized spacial score (nSPS) is 11.6. The molecule has 0 bridgehead atoms. The van der Waals surface area contributed by atoms with Crippen molar-refractivity contribution in [1.29, 1.82) is 0 Å². The van der Waals surface area contributed by atoms with Crippen LogP contribution >= 0.6 is 22.7 Å². The molecule has 0 radical (unpaired) electrons. The third-order valence-corrected chi connectivity index (χ3v) is 5.90. The Morgan fingerprint density at radius 2 is 1.90 bits per heavy atom. The van der Waals surface area contributed by atoms with E-state index in [1.165, 1.54) is 21.5 Å². The van der Waals surface area contributed by atoms with Gasteiger partial charge in [0, 0.05) is 35.7 Å². The highest BCUT2D eigenvalue weighted by Crippen LogP contribution is 2.05. The topological polar surface area (TPSA) is 82.7 Å². The Labute approximate surface area is 175 Å². The second kappa shape index (κ2) is 9.62. The van der Waals surface area contributed by atoms with Gasteiger partial charge in [0.15, 0.2) is 11.4 Å². The molecule has 0 saturated carbocycles. The fourth-order valence-electron chi connectivity index (χ4n) is 2.63. The molecule has 3 rings (SSSR count). The number of hydrogen-bond donors (Lipinski definition) is 0. The number of aryl methyl sites for hydroxylation is 2. The highest BCUT2D eigenvalue weighted by Gasteiger charge is 2.10. The summed E-state index contributed by atoms with van der Waals surface area (Å²) in [5, 5.41) is 3.59. The van der Waals surface area contributed by atoms with Crippen molar-refractivity contribution >= 4 is 34.6 Å². The molecule has 0 N–H and O–H groups in total. The molecule has 0 aliphatic carbocycles. The number of thiazole rings is 2. The van der Waals surface area contributed by atoms with E-state index in [2.05, 4.69) is 4.99 Å². The molecule has 2 aromatic heterocycles. The smallest absolute Gasteiger partial charge is 0.308 e. The average molecular weight is 432 g/mol. The molecule has 0 aliphatic heterocycles. The van der Waals surface area contributed by atoms with Gasteiger partial charge in [-0.05, 0) is 19.4 Å². The maximum atomic E-state index is 12.1. The van der Waals surface area contributed by atoms with Crippen LogP contribution in [-0.4, -0.2) is 27.6 Å². The molecule has 0 aliphatic rings. The van der Waals surface area contributed by atoms with Gasteiger partial charge in [0.25, 0.3) is 5.91 Å². The van der Waals surface area contributed by atoms with Gasteiger partial charge >= 0.3 is 10.8 Å². The summed E-state index contributed by atoms with van der Waals surface area (Å²) >= 11 is 2.43. The molecule has 0 fully saturated rings. The SMILES string of the molecule is Cc1ccc(Cn2ccsc2=NC(=O)COC(=O)CCn2c(C)csc2=O)cc1. The molecular weight excluding hydrogens is 410 g/mol. The minimum Gasteiger partial charge on any atom is -0.455 e. The third-order valence-electron chi connectivity index (χ3n) is 4.23. The molecule has 0 spiro atoms. The van der Waals surface area contributed by atoms with Crippen molar-refractivity contribution in [3.8, 4) is 0 Å². The van der Waals surface area contributed by atoms with E-state index in [9.17, 15) is 14.4 Å². The fraction of sp³-hybridized carbons (Fsp3) is 0.300. The number of esters is 1. The summed E-state index contributed by atoms with van der Waals surface area (Å²) in [5.41, 5.74) is 3.09. The summed E-state index contributed by atoms with van der Waals surface area (Å²) < 4.78 is 8.39. The number of hydrogen-bond acceptors (Lipinski definition) is 6. The van der Waals surface area contributed by atoms with Gasteiger partial charge in [0.1, 0.15) is 0 Å². The monoisotopic (exact) mass is 431 g/mol. The first-order valence-electron chi connectivity index (χ1n) is 9.00. The van der Waals surface area contributed by atoms with Gasteiger partial charge in [0.05, 0.1) is 6.42 Å². The molecule has 0 saturated heterocycles. The lowest BCUT2D eigenvalue weighted by molar-refractivity contribution is -0.147. The Morgan fingerprint density at radius 1 is 1.14 bits per heavy atom. The van der Waals surface area contributed by atoms with Gasteiger partial charge in [-0.25, -0.2) is 0 Å². The molecule has 0 unspecified atom stereocenters. The predicted octanol–water partition coefficient (Wildman–Crippen LogP) is 2.50. The summed E-state index contributed by atoms with van der Waals surface area (Å²) in [6.07, 6.45) is 1.89. The zero-order valence-electron chi connectivity index (χ0n) is 16.2. The number of nitrogens with zero attached hydrogens (tertiary/aromatic N) is 3. The van der Waals surface area contributed by atoms with Crippen molar-refractivity contribution < 1.29 is 14.3 Å². The van der Waals surface area contributed by atoms with Gasteiger partial charge in [0.2, 0.25) is 0 Å². The standard InChI is InChI=1S/C20H21N3O4S2/c1-14-3-5-16(6-4-14)11-22-9-10-28-19(22)21-17(24)12-27-18(25)7-8-23-15(2)13-29-20(23)26/h3-6,9-10,13H,7-8,11-12H2,1-2H3. The zero-order chi connectivity index (χ0) is 20.8. The summed E-state index contributed by atoms with van der Waals surface area (Å²) in [6.45, 7) is 4.25. The summed E-state index contributed by atoms with van der Waals surface area (Å²) in [5.74, 6) is -1.06. The molecule has 1 amide bonds. The van der Waals surface area contributed by atoms with Crippen LogP contribution in [0.25, 0.3) is 0 Å². The van der Waals surface area contributed by atoms with E-state index in [1.54, 1.807) is 12.3 Å². The second-order valence-electron chi connectivity index (χ2n) is 6.51. The molecule has 7 nitrogen and oxygen atoms in total. The van der Waals surface area contributed by atoms with Gasteiger partial charge in [-0.2, -0.15) is 4.99 Å². The minimum absolute atomic E-state index is 0.0250. The number of aromatic nitrogens is 2. The first-order chi connectivity index (χ1) is 13.9. The van der Waals surface area contributed by atoms with Gasteiger partial charge in [-0.3, -0.25) is 14.4 Å². The first kappa shape index (κ1) is 20.9. The van der Waals surface area contributed by atoms with Crippen molar-refractivity contribution in [2.75, 3.05) is 6.61 Å². The molecule has 29 heavy (non-hydrogen) atoms. The van der Waals surface area contributed by atoms with Gasteiger partial charge in [-0.15, -0.1) is 11.3 Å². The molecule has 0 atom stereocenters. The highest BCUT2D eigenvalue weighted by molar-refractivity contribution is 7.07. The maximum Gasteiger partial charge on any atom is 0.308 e. The lowest BCUT2D eigenvalue weighted by Crippen LogP contribution is -2.21. The van der Waals surface area contributed by atoms with Crippen LogP contribution < -0.4 is 9.67 Å². The lowest BCUT2D eigenvalue weighted by atomic mass is 10.1. The van der Waals surface area contributed by atoms with Crippen molar-refractivity contribution in [1.82, 2.24) is 9.13 Å². The van der Waals surface area contributed by atoms with Gasteiger partial charge in [-0.1, -0.05) is 41.2 Å². The molecule has 2 heterocycles. The molecule has 152 valence electrons. The molecule has 9 heteroatoms. The van der Waals surface area contributed by atoms with E-state index in [-0.39, 0.29) is 17.8 Å². The van der Waals surface area contributed by atoms with Crippen LogP contribution in [0.5, 0.6) is 0 Å². The summed E-state index contributed by atoms with van der Waals surface area (Å²) in [6, 6.07) is 8.15. The number of amides is 1. The van der Waals surface area contributed by atoms with Crippen LogP contribution in [0.4, 0.5) is 0 Å². The predicted molar refractivity (Wildman–Crippen MR) is 112 cm³/mol. The molecule has 1 aromatic carbocycles. The Kier molecular flexibility index (Phi) is 6.95. The summed E-state index contributed by atoms with van der Waals surface area (Å²) in [7, 11) is 0. The van der Waals surface area contributed by atoms with Crippen molar-refractivity contribution in [2.24, 2.45) is 4.99 Å². The average Bonchev–Trinajstić information content (AvgIpc) is 3.26. The van der Waals surface area contributed by atoms with Crippen molar-refractivity contribution in [3.05, 3.63) is 72.5 Å². The summed E-state index contributed by atoms with van der Waals surface area (Å²) in [4.78, 5) is 40.1. The number of benzene rings is 1. The Bertz CT molecular complexity index is 1120. The quantitative estimate of drug-likeness (QED) is 0.538. The Balaban J connectivity index is 1.54. The number of carbonyl (C=O) groups is 2. The van der Waals surface area contributed by atoms with E-state index in [1.807, 2.05) is 47.3 Å². The van der Waals surface area contributed by atoms with Crippen molar-refractivity contribution in [3.63, 3.8) is 0 Å². The van der Waals surface area contributed by atoms with Crippen LogP contribution in [0.15, 0.2) is 51.0 Å². The van der Waals surface area contributed by atoms with Crippen LogP contribution in [-0.2, 0) is 27.4 Å². The molecule has 3 aromatic rings. The van der Waals surface area contributed by atoms with E-state index >= 15 is 0 Å². The van der Waals surface area contributed by atoms with E-state index in [4.69, 9.17) is 4.74 Å². The Morgan fingerprint density at radius 3 is 2.59 bits per heavy atom. The largest absolute Gasteiger partial charge is 0.455 e. The van der Waals surface area contributed by atoms with Crippen LogP contribution in [0.2, 0.25) is 0 Å². The van der Waals surface area contributed by atoms with Crippen LogP contribution in [0.3, 0.4) is 0 Å². The van der Waals surface area contributed by atoms with Crippen LogP contribution in [0, 0.1) is 13.8 Å². The maximum absolute atomic E-state index is 12.1. The van der Waals surface area contributed by atoms with E-state index in [0.717, 1.165) is 22.6 Å². The van der Waals surface area contributed by atoms with E-state index < -0.39 is 18.5 Å². The third kappa shape index (κ3) is 5.85. The Hall–Kier alpha value is -2.78. The highest BCUT2D eigenvalue weighted by atomic mass is 32.1. The first-order valence-corrected chi connectivity index (χ1v) is 10.8. The number of rotatable bonds is 7. The minimum atomic E-state index is -0.537. The molecular formula is C20H21N3O4S2. The van der Waals surface area contributed by atoms with Gasteiger partial charge < -0.3 is 13.9 Å². The second-order valence-corrected chi connectivity index (χ2v) is 8.20.